The van der Waals surface area contributed by atoms with Gasteiger partial charge >= 0.3 is 5.97 Å². The molecule has 26 heavy (non-hydrogen) atoms. The molecule has 0 saturated carbocycles. The van der Waals surface area contributed by atoms with Crippen LogP contribution in [-0.4, -0.2) is 41.2 Å². The van der Waals surface area contributed by atoms with Crippen LogP contribution in [0.25, 0.3) is 5.57 Å². The maximum atomic E-state index is 13.3. The Morgan fingerprint density at radius 1 is 1.12 bits per heavy atom. The van der Waals surface area contributed by atoms with Gasteiger partial charge in [-0.3, -0.25) is 9.69 Å². The Labute approximate surface area is 151 Å². The largest absolute Gasteiger partial charge is 0.482 e. The number of piperidine rings is 1. The van der Waals surface area contributed by atoms with Gasteiger partial charge in [-0.05, 0) is 35.4 Å². The van der Waals surface area contributed by atoms with Crippen molar-refractivity contribution < 1.29 is 19.0 Å². The number of carboxylic acids is 1. The van der Waals surface area contributed by atoms with Crippen LogP contribution in [0.4, 0.5) is 4.39 Å². The quantitative estimate of drug-likeness (QED) is 0.917. The fourth-order valence-electron chi connectivity index (χ4n) is 3.76. The molecule has 0 radical (unpaired) electrons. The summed E-state index contributed by atoms with van der Waals surface area (Å²) in [6.07, 6.45) is 3.58. The number of rotatable bonds is 3. The molecule has 134 valence electrons. The van der Waals surface area contributed by atoms with Gasteiger partial charge in [-0.2, -0.15) is 0 Å². The molecule has 0 amide bonds. The second-order valence-electron chi connectivity index (χ2n) is 6.90. The first-order valence-corrected chi connectivity index (χ1v) is 8.76. The highest BCUT2D eigenvalue weighted by Crippen LogP contribution is 2.43. The summed E-state index contributed by atoms with van der Waals surface area (Å²) in [4.78, 5) is 12.9. The van der Waals surface area contributed by atoms with E-state index in [-0.39, 0.29) is 12.4 Å². The molecule has 0 aromatic heterocycles. The van der Waals surface area contributed by atoms with Crippen LogP contribution in [0.5, 0.6) is 5.75 Å². The molecule has 0 atom stereocenters. The van der Waals surface area contributed by atoms with E-state index in [2.05, 4.69) is 6.08 Å². The zero-order valence-corrected chi connectivity index (χ0v) is 14.3. The number of hydrogen-bond acceptors (Lipinski definition) is 3. The third-order valence-electron chi connectivity index (χ3n) is 5.11. The molecule has 1 fully saturated rings. The summed E-state index contributed by atoms with van der Waals surface area (Å²) in [5, 5.41) is 9.00. The third-order valence-corrected chi connectivity index (χ3v) is 5.11. The monoisotopic (exact) mass is 353 g/mol. The van der Waals surface area contributed by atoms with Gasteiger partial charge in [0.15, 0.2) is 0 Å². The maximum Gasteiger partial charge on any atom is 0.317 e. The number of ether oxygens (including phenoxy) is 1. The van der Waals surface area contributed by atoms with E-state index in [4.69, 9.17) is 9.84 Å². The number of nitrogens with zero attached hydrogens (tertiary/aromatic N) is 1. The minimum absolute atomic E-state index is 0.0567. The number of fused-ring (bicyclic) bond motifs is 1. The van der Waals surface area contributed by atoms with E-state index < -0.39 is 11.6 Å². The van der Waals surface area contributed by atoms with Gasteiger partial charge in [0.05, 0.1) is 6.54 Å². The third kappa shape index (κ3) is 3.22. The van der Waals surface area contributed by atoms with E-state index in [1.165, 1.54) is 12.1 Å². The molecule has 4 rings (SSSR count). The number of benzene rings is 2. The van der Waals surface area contributed by atoms with E-state index in [1.807, 2.05) is 29.2 Å². The van der Waals surface area contributed by atoms with Crippen LogP contribution >= 0.6 is 0 Å². The minimum Gasteiger partial charge on any atom is -0.482 e. The summed E-state index contributed by atoms with van der Waals surface area (Å²) in [6, 6.07) is 14.4. The first-order valence-electron chi connectivity index (χ1n) is 8.76. The minimum atomic E-state index is -0.807. The van der Waals surface area contributed by atoms with E-state index in [1.54, 1.807) is 12.1 Å². The Hall–Kier alpha value is -2.66. The first-order chi connectivity index (χ1) is 12.5. The summed E-state index contributed by atoms with van der Waals surface area (Å²) >= 11 is 0. The lowest BCUT2D eigenvalue weighted by atomic mass is 9.83. The van der Waals surface area contributed by atoms with Crippen LogP contribution in [-0.2, 0) is 4.79 Å². The van der Waals surface area contributed by atoms with Gasteiger partial charge in [0.2, 0.25) is 0 Å². The predicted octanol–water partition coefficient (Wildman–Crippen LogP) is 3.57. The average molecular weight is 353 g/mol. The van der Waals surface area contributed by atoms with Crippen molar-refractivity contribution in [2.75, 3.05) is 19.6 Å². The van der Waals surface area contributed by atoms with Crippen LogP contribution in [0.3, 0.4) is 0 Å². The highest BCUT2D eigenvalue weighted by molar-refractivity contribution is 5.84. The van der Waals surface area contributed by atoms with Crippen molar-refractivity contribution >= 4 is 11.5 Å². The van der Waals surface area contributed by atoms with E-state index in [0.717, 1.165) is 35.3 Å². The van der Waals surface area contributed by atoms with Gasteiger partial charge in [0, 0.05) is 31.5 Å². The van der Waals surface area contributed by atoms with Gasteiger partial charge in [-0.25, -0.2) is 4.39 Å². The topological polar surface area (TPSA) is 49.8 Å². The molecule has 1 saturated heterocycles. The summed E-state index contributed by atoms with van der Waals surface area (Å²) in [5.41, 5.74) is 2.54. The number of para-hydroxylation sites is 1. The number of likely N-dealkylation sites (tertiary alicyclic amines) is 1. The van der Waals surface area contributed by atoms with E-state index in [9.17, 15) is 9.18 Å². The summed E-state index contributed by atoms with van der Waals surface area (Å²) < 4.78 is 19.7. The van der Waals surface area contributed by atoms with Crippen molar-refractivity contribution in [2.24, 2.45) is 0 Å². The number of aliphatic carboxylic acids is 1. The predicted molar refractivity (Wildman–Crippen MR) is 96.6 cm³/mol. The summed E-state index contributed by atoms with van der Waals surface area (Å²) in [5.74, 6) is -0.245. The Morgan fingerprint density at radius 2 is 1.81 bits per heavy atom. The zero-order chi connectivity index (χ0) is 18.1. The Kier molecular flexibility index (Phi) is 4.24. The van der Waals surface area contributed by atoms with Crippen molar-refractivity contribution in [3.05, 3.63) is 71.6 Å². The van der Waals surface area contributed by atoms with Crippen LogP contribution in [0.15, 0.2) is 54.6 Å². The van der Waals surface area contributed by atoms with E-state index >= 15 is 0 Å². The number of carbonyl (C=O) groups is 1. The van der Waals surface area contributed by atoms with Crippen LogP contribution in [0.2, 0.25) is 0 Å². The SMILES string of the molecule is O=C(O)CN1CCC2(C=C(c3ccc(F)cc3)c3ccccc3O2)CC1. The first kappa shape index (κ1) is 16.8. The van der Waals surface area contributed by atoms with Gasteiger partial charge in [-0.15, -0.1) is 0 Å². The van der Waals surface area contributed by atoms with Crippen molar-refractivity contribution in [1.82, 2.24) is 4.90 Å². The second-order valence-corrected chi connectivity index (χ2v) is 6.90. The molecule has 2 aromatic carbocycles. The molecule has 4 nitrogen and oxygen atoms in total. The lowest BCUT2D eigenvalue weighted by molar-refractivity contribution is -0.139. The van der Waals surface area contributed by atoms with Gasteiger partial charge in [0.1, 0.15) is 17.2 Å². The molecular weight excluding hydrogens is 333 g/mol. The fourth-order valence-corrected chi connectivity index (χ4v) is 3.76. The Morgan fingerprint density at radius 3 is 2.50 bits per heavy atom. The smallest absolute Gasteiger partial charge is 0.317 e. The van der Waals surface area contributed by atoms with Crippen molar-refractivity contribution in [3.8, 4) is 5.75 Å². The fraction of sp³-hybridized carbons (Fsp3) is 0.286. The molecule has 2 aromatic rings. The van der Waals surface area contributed by atoms with Crippen LogP contribution in [0, 0.1) is 5.82 Å². The molecular formula is C21H20FNO3. The Balaban J connectivity index is 1.69. The van der Waals surface area contributed by atoms with E-state index in [0.29, 0.717) is 13.1 Å². The Bertz CT molecular complexity index is 852. The summed E-state index contributed by atoms with van der Waals surface area (Å²) in [7, 11) is 0. The van der Waals surface area contributed by atoms with Crippen molar-refractivity contribution in [1.29, 1.82) is 0 Å². The lowest BCUT2D eigenvalue weighted by Crippen LogP contribution is -2.49. The van der Waals surface area contributed by atoms with Gasteiger partial charge in [-0.1, -0.05) is 30.3 Å². The molecule has 2 heterocycles. The highest BCUT2D eigenvalue weighted by Gasteiger charge is 2.39. The average Bonchev–Trinajstić information content (AvgIpc) is 2.64. The molecule has 2 aliphatic rings. The van der Waals surface area contributed by atoms with Gasteiger partial charge < -0.3 is 9.84 Å². The normalized spacial score (nSPS) is 18.7. The number of carboxylic acid groups (broad SMARTS) is 1. The molecule has 1 spiro atoms. The second kappa shape index (κ2) is 6.57. The molecule has 0 aliphatic carbocycles. The lowest BCUT2D eigenvalue weighted by Gasteiger charge is -2.42. The highest BCUT2D eigenvalue weighted by atomic mass is 19.1. The zero-order valence-electron chi connectivity index (χ0n) is 14.3. The molecule has 0 unspecified atom stereocenters. The molecule has 0 bridgehead atoms. The van der Waals surface area contributed by atoms with Crippen LogP contribution < -0.4 is 4.74 Å². The van der Waals surface area contributed by atoms with Gasteiger partial charge in [0.25, 0.3) is 0 Å². The molecule has 2 aliphatic heterocycles. The van der Waals surface area contributed by atoms with Crippen LogP contribution in [0.1, 0.15) is 24.0 Å². The number of halogens is 1. The standard InChI is InChI=1S/C21H20FNO3/c22-16-7-5-15(6-8-16)18-13-21(26-19-4-2-1-3-17(18)19)9-11-23(12-10-21)14-20(24)25/h1-8,13H,9-12,14H2,(H,24,25). The molecule has 1 N–H and O–H groups in total. The molecule has 5 heteroatoms. The maximum absolute atomic E-state index is 13.3. The summed E-state index contributed by atoms with van der Waals surface area (Å²) in [6.45, 7) is 1.39. The van der Waals surface area contributed by atoms with Crippen molar-refractivity contribution in [2.45, 2.75) is 18.4 Å². The number of hydrogen-bond donors (Lipinski definition) is 1. The van der Waals surface area contributed by atoms with Crippen molar-refractivity contribution in [3.63, 3.8) is 0 Å².